The van der Waals surface area contributed by atoms with Crippen molar-refractivity contribution in [2.24, 2.45) is 23.5 Å². The largest absolute Gasteiger partial charge is 0.355 e. The number of ketones is 3. The lowest BCUT2D eigenvalue weighted by molar-refractivity contribution is -0.123. The number of likely N-dealkylation sites (N-methyl/N-ethyl adjacent to an activating group) is 4. The first-order valence-corrected chi connectivity index (χ1v) is 20.0. The number of hydrogen-bond donors (Lipinski definition) is 2. The first-order chi connectivity index (χ1) is 23.6. The summed E-state index contributed by atoms with van der Waals surface area (Å²) in [5.41, 5.74) is 5.54. The number of nitrogens with two attached hydrogens (primary N) is 1. The van der Waals surface area contributed by atoms with Crippen LogP contribution in [-0.2, 0) is 19.2 Å². The zero-order valence-electron chi connectivity index (χ0n) is 32.6. The molecule has 0 aromatic rings. The van der Waals surface area contributed by atoms with Crippen LogP contribution in [0.2, 0.25) is 0 Å². The van der Waals surface area contributed by atoms with Gasteiger partial charge < -0.3 is 11.1 Å². The Morgan fingerprint density at radius 2 is 0.878 bits per heavy atom. The molecule has 1 fully saturated rings. The Morgan fingerprint density at radius 1 is 0.531 bits per heavy atom. The molecule has 1 rings (SSSR count). The van der Waals surface area contributed by atoms with Crippen LogP contribution in [0.3, 0.4) is 0 Å². The van der Waals surface area contributed by atoms with Gasteiger partial charge in [0, 0.05) is 38.9 Å². The molecular formula is C39H76N6O4. The summed E-state index contributed by atoms with van der Waals surface area (Å²) in [6, 6.07) is 0. The highest BCUT2D eigenvalue weighted by atomic mass is 16.2. The van der Waals surface area contributed by atoms with Crippen molar-refractivity contribution in [2.75, 3.05) is 91.6 Å². The van der Waals surface area contributed by atoms with Gasteiger partial charge in [-0.25, -0.2) is 0 Å². The quantitative estimate of drug-likeness (QED) is 0.125. The van der Waals surface area contributed by atoms with Gasteiger partial charge in [0.1, 0.15) is 17.3 Å². The number of nitrogens with zero attached hydrogens (tertiary/aromatic N) is 4. The minimum atomic E-state index is 0.0202. The van der Waals surface area contributed by atoms with Gasteiger partial charge in [0.05, 0.1) is 26.2 Å². The molecule has 0 aliphatic heterocycles. The van der Waals surface area contributed by atoms with Gasteiger partial charge in [-0.15, -0.1) is 0 Å². The van der Waals surface area contributed by atoms with Crippen molar-refractivity contribution in [3.63, 3.8) is 0 Å². The molecule has 0 aromatic heterocycles. The van der Waals surface area contributed by atoms with E-state index in [1.807, 2.05) is 0 Å². The lowest BCUT2D eigenvalue weighted by Crippen LogP contribution is -2.42. The monoisotopic (exact) mass is 693 g/mol. The second-order valence-electron chi connectivity index (χ2n) is 14.4. The zero-order chi connectivity index (χ0) is 36.4. The van der Waals surface area contributed by atoms with E-state index < -0.39 is 0 Å². The SMILES string of the molecule is CCN(CC)CC(=O)C[C@H]1CC[C@@H](CC(=O)CN(CC)CC)CCCC[C@@H](CC(=O)CN(CC)CCN(CC)CC(=O)NCCCN)CC1. The molecule has 1 amide bonds. The first kappa shape index (κ1) is 45.3. The Morgan fingerprint density at radius 3 is 1.24 bits per heavy atom. The van der Waals surface area contributed by atoms with Gasteiger partial charge >= 0.3 is 0 Å². The fourth-order valence-electron chi connectivity index (χ4n) is 7.23. The van der Waals surface area contributed by atoms with Gasteiger partial charge in [0.2, 0.25) is 5.91 Å². The summed E-state index contributed by atoms with van der Waals surface area (Å²) in [6.45, 7) is 22.2. The van der Waals surface area contributed by atoms with Gasteiger partial charge in [-0.1, -0.05) is 67.2 Å². The number of nitrogens with one attached hydrogen (secondary N) is 1. The Balaban J connectivity index is 2.85. The van der Waals surface area contributed by atoms with E-state index in [2.05, 4.69) is 66.5 Å². The molecule has 1 aliphatic rings. The second kappa shape index (κ2) is 27.9. The van der Waals surface area contributed by atoms with Gasteiger partial charge in [0.25, 0.3) is 0 Å². The van der Waals surface area contributed by atoms with Crippen molar-refractivity contribution in [2.45, 2.75) is 119 Å². The standard InChI is InChI=1S/C39H76N6O4/c1-7-42(8-2)29-36(46)26-33-16-13-14-17-34(19-21-35(20-18-33)28-37(47)30-43(9-3)10-4)27-38(48)31-44(11-5)24-25-45(12-6)32-39(49)41-23-15-22-40/h33-35H,7-32,40H2,1-6H3,(H,41,49)/t33-,34+,35-/m0/s1. The van der Waals surface area contributed by atoms with Crippen molar-refractivity contribution in [3.8, 4) is 0 Å². The molecule has 3 atom stereocenters. The molecule has 10 heteroatoms. The predicted octanol–water partition coefficient (Wildman–Crippen LogP) is 4.64. The van der Waals surface area contributed by atoms with Crippen molar-refractivity contribution < 1.29 is 19.2 Å². The Hall–Kier alpha value is -1.72. The fourth-order valence-corrected chi connectivity index (χ4v) is 7.23. The van der Waals surface area contributed by atoms with Crippen LogP contribution in [0, 0.1) is 17.8 Å². The van der Waals surface area contributed by atoms with Crippen LogP contribution in [0.4, 0.5) is 0 Å². The van der Waals surface area contributed by atoms with E-state index in [0.29, 0.717) is 93.6 Å². The maximum atomic E-state index is 13.5. The number of hydrogen-bond acceptors (Lipinski definition) is 9. The molecule has 1 aliphatic carbocycles. The van der Waals surface area contributed by atoms with Crippen LogP contribution in [0.15, 0.2) is 0 Å². The molecule has 10 nitrogen and oxygen atoms in total. The van der Waals surface area contributed by atoms with Gasteiger partial charge in [-0.2, -0.15) is 0 Å². The summed E-state index contributed by atoms with van der Waals surface area (Å²) in [4.78, 5) is 60.7. The number of carbonyl (C=O) groups is 4. The van der Waals surface area contributed by atoms with Crippen LogP contribution >= 0.6 is 0 Å². The van der Waals surface area contributed by atoms with E-state index in [4.69, 9.17) is 5.73 Å². The minimum absolute atomic E-state index is 0.0202. The molecule has 0 saturated heterocycles. The highest BCUT2D eigenvalue weighted by molar-refractivity contribution is 5.81. The molecule has 0 aromatic carbocycles. The molecule has 49 heavy (non-hydrogen) atoms. The van der Waals surface area contributed by atoms with Gasteiger partial charge in [-0.3, -0.25) is 38.8 Å². The third kappa shape index (κ3) is 21.3. The molecule has 0 unspecified atom stereocenters. The number of amides is 1. The van der Waals surface area contributed by atoms with Crippen LogP contribution < -0.4 is 11.1 Å². The lowest BCUT2D eigenvalue weighted by Gasteiger charge is -2.26. The highest BCUT2D eigenvalue weighted by Crippen LogP contribution is 2.32. The number of Topliss-reactive ketones (excluding diaryl/α,β-unsaturated/α-hetero) is 3. The number of carbonyl (C=O) groups excluding carboxylic acids is 4. The minimum Gasteiger partial charge on any atom is -0.355 e. The van der Waals surface area contributed by atoms with Crippen LogP contribution in [0.1, 0.15) is 119 Å². The van der Waals surface area contributed by atoms with E-state index in [1.54, 1.807) is 0 Å². The van der Waals surface area contributed by atoms with E-state index in [1.165, 1.54) is 0 Å². The fraction of sp³-hybridized carbons (Fsp3) is 0.897. The van der Waals surface area contributed by atoms with Crippen LogP contribution in [-0.4, -0.2) is 134 Å². The lowest BCUT2D eigenvalue weighted by atomic mass is 9.84. The Labute approximate surface area is 300 Å². The maximum absolute atomic E-state index is 13.5. The van der Waals surface area contributed by atoms with E-state index in [0.717, 1.165) is 110 Å². The zero-order valence-corrected chi connectivity index (χ0v) is 32.6. The van der Waals surface area contributed by atoms with E-state index >= 15 is 0 Å². The molecule has 3 N–H and O–H groups in total. The molecule has 0 bridgehead atoms. The van der Waals surface area contributed by atoms with Crippen molar-refractivity contribution in [1.82, 2.24) is 24.9 Å². The summed E-state index contributed by atoms with van der Waals surface area (Å²) in [6.07, 6.45) is 10.8. The number of rotatable bonds is 26. The summed E-state index contributed by atoms with van der Waals surface area (Å²) in [7, 11) is 0. The van der Waals surface area contributed by atoms with Crippen LogP contribution in [0.25, 0.3) is 0 Å². The topological polar surface area (TPSA) is 119 Å². The van der Waals surface area contributed by atoms with E-state index in [9.17, 15) is 19.2 Å². The molecule has 0 radical (unpaired) electrons. The van der Waals surface area contributed by atoms with E-state index in [-0.39, 0.29) is 5.91 Å². The predicted molar refractivity (Wildman–Crippen MR) is 203 cm³/mol. The third-order valence-corrected chi connectivity index (χ3v) is 10.7. The van der Waals surface area contributed by atoms with Gasteiger partial charge in [-0.05, 0) is 95.7 Å². The molecule has 0 heterocycles. The second-order valence-corrected chi connectivity index (χ2v) is 14.4. The maximum Gasteiger partial charge on any atom is 0.234 e. The summed E-state index contributed by atoms with van der Waals surface area (Å²) in [5, 5.41) is 2.93. The molecule has 1 saturated carbocycles. The molecule has 0 spiro atoms. The Bertz CT molecular complexity index is 910. The summed E-state index contributed by atoms with van der Waals surface area (Å²) in [5.74, 6) is 1.98. The Kier molecular flexibility index (Phi) is 25.8. The van der Waals surface area contributed by atoms with Crippen LogP contribution in [0.5, 0.6) is 0 Å². The normalized spacial score (nSPS) is 19.4. The average Bonchev–Trinajstić information content (AvgIpc) is 3.13. The van der Waals surface area contributed by atoms with Crippen molar-refractivity contribution in [1.29, 1.82) is 0 Å². The highest BCUT2D eigenvalue weighted by Gasteiger charge is 2.24. The smallest absolute Gasteiger partial charge is 0.234 e. The molecule has 286 valence electrons. The molecular weight excluding hydrogens is 616 g/mol. The summed E-state index contributed by atoms with van der Waals surface area (Å²) >= 11 is 0. The van der Waals surface area contributed by atoms with Crippen molar-refractivity contribution in [3.05, 3.63) is 0 Å². The first-order valence-electron chi connectivity index (χ1n) is 20.0. The third-order valence-electron chi connectivity index (χ3n) is 10.7. The van der Waals surface area contributed by atoms with Gasteiger partial charge in [0.15, 0.2) is 0 Å². The average molecular weight is 693 g/mol. The summed E-state index contributed by atoms with van der Waals surface area (Å²) < 4.78 is 0. The van der Waals surface area contributed by atoms with Crippen molar-refractivity contribution >= 4 is 23.3 Å².